The SMILES string of the molecule is NCC(F)C(O)C(=O)O. The van der Waals surface area contributed by atoms with Gasteiger partial charge in [-0.1, -0.05) is 0 Å². The van der Waals surface area contributed by atoms with Gasteiger partial charge in [-0.3, -0.25) is 0 Å². The zero-order valence-corrected chi connectivity index (χ0v) is 4.62. The van der Waals surface area contributed by atoms with E-state index in [1.54, 1.807) is 0 Å². The molecule has 0 amide bonds. The van der Waals surface area contributed by atoms with Crippen molar-refractivity contribution in [2.45, 2.75) is 12.3 Å². The predicted molar refractivity (Wildman–Crippen MR) is 27.6 cm³/mol. The second kappa shape index (κ2) is 3.37. The Morgan fingerprint density at radius 1 is 1.78 bits per heavy atom. The van der Waals surface area contributed by atoms with Crippen LogP contribution in [0.5, 0.6) is 0 Å². The van der Waals surface area contributed by atoms with Crippen molar-refractivity contribution in [1.29, 1.82) is 0 Å². The van der Waals surface area contributed by atoms with Gasteiger partial charge in [0.1, 0.15) is 6.17 Å². The summed E-state index contributed by atoms with van der Waals surface area (Å²) in [5.74, 6) is -1.59. The molecule has 9 heavy (non-hydrogen) atoms. The van der Waals surface area contributed by atoms with Crippen LogP contribution in [0.3, 0.4) is 0 Å². The molecule has 4 nitrogen and oxygen atoms in total. The molecule has 0 aromatic heterocycles. The van der Waals surface area contributed by atoms with Gasteiger partial charge < -0.3 is 15.9 Å². The highest BCUT2D eigenvalue weighted by molar-refractivity contribution is 5.72. The zero-order chi connectivity index (χ0) is 7.44. The van der Waals surface area contributed by atoms with Crippen molar-refractivity contribution in [3.05, 3.63) is 0 Å². The lowest BCUT2D eigenvalue weighted by Gasteiger charge is -2.07. The van der Waals surface area contributed by atoms with Crippen LogP contribution in [0.1, 0.15) is 0 Å². The fraction of sp³-hybridized carbons (Fsp3) is 0.750. The van der Waals surface area contributed by atoms with Gasteiger partial charge >= 0.3 is 5.97 Å². The monoisotopic (exact) mass is 137 g/mol. The Morgan fingerprint density at radius 3 is 2.33 bits per heavy atom. The Kier molecular flexibility index (Phi) is 3.11. The molecule has 4 N–H and O–H groups in total. The maximum Gasteiger partial charge on any atom is 0.335 e. The number of carboxylic acids is 1. The number of carbonyl (C=O) groups is 1. The lowest BCUT2D eigenvalue weighted by molar-refractivity contribution is -0.149. The molecule has 0 saturated carbocycles. The second-order valence-corrected chi connectivity index (χ2v) is 1.53. The van der Waals surface area contributed by atoms with Gasteiger partial charge in [-0.05, 0) is 0 Å². The number of rotatable bonds is 3. The fourth-order valence-corrected chi connectivity index (χ4v) is 0.284. The van der Waals surface area contributed by atoms with Gasteiger partial charge in [0.25, 0.3) is 0 Å². The molecule has 0 heterocycles. The van der Waals surface area contributed by atoms with Crippen LogP contribution in [0.2, 0.25) is 0 Å². The largest absolute Gasteiger partial charge is 0.479 e. The highest BCUT2D eigenvalue weighted by atomic mass is 19.1. The van der Waals surface area contributed by atoms with Crippen molar-refractivity contribution in [3.8, 4) is 0 Å². The minimum absolute atomic E-state index is 0.479. The van der Waals surface area contributed by atoms with Crippen molar-refractivity contribution >= 4 is 5.97 Å². The molecule has 0 rings (SSSR count). The minimum Gasteiger partial charge on any atom is -0.479 e. The molecular formula is C4H8FNO3. The molecule has 0 bridgehead atoms. The van der Waals surface area contributed by atoms with Gasteiger partial charge in [-0.2, -0.15) is 0 Å². The number of halogens is 1. The van der Waals surface area contributed by atoms with Gasteiger partial charge in [-0.25, -0.2) is 9.18 Å². The molecule has 0 spiro atoms. The first-order valence-corrected chi connectivity index (χ1v) is 2.34. The molecule has 54 valence electrons. The quantitative estimate of drug-likeness (QED) is 0.452. The van der Waals surface area contributed by atoms with Crippen LogP contribution < -0.4 is 5.73 Å². The molecule has 0 saturated heterocycles. The Labute approximate surface area is 51.1 Å². The van der Waals surface area contributed by atoms with E-state index < -0.39 is 24.8 Å². The van der Waals surface area contributed by atoms with Crippen LogP contribution in [0.25, 0.3) is 0 Å². The normalized spacial score (nSPS) is 16.8. The Hall–Kier alpha value is -0.680. The third-order valence-electron chi connectivity index (χ3n) is 0.821. The molecule has 2 unspecified atom stereocenters. The maximum atomic E-state index is 12.0. The van der Waals surface area contributed by atoms with E-state index in [-0.39, 0.29) is 0 Å². The summed E-state index contributed by atoms with van der Waals surface area (Å²) in [7, 11) is 0. The molecule has 0 aliphatic carbocycles. The maximum absolute atomic E-state index is 12.0. The van der Waals surface area contributed by atoms with Gasteiger partial charge in [0, 0.05) is 6.54 Å². The molecular weight excluding hydrogens is 129 g/mol. The number of hydrogen-bond donors (Lipinski definition) is 3. The van der Waals surface area contributed by atoms with Crippen LogP contribution in [-0.4, -0.2) is 35.0 Å². The van der Waals surface area contributed by atoms with Crippen molar-refractivity contribution in [2.24, 2.45) is 5.73 Å². The highest BCUT2D eigenvalue weighted by Crippen LogP contribution is 1.95. The molecule has 0 aromatic carbocycles. The second-order valence-electron chi connectivity index (χ2n) is 1.53. The summed E-state index contributed by atoms with van der Waals surface area (Å²) in [5.41, 5.74) is 4.71. The first-order chi connectivity index (χ1) is 4.09. The third-order valence-corrected chi connectivity index (χ3v) is 0.821. The van der Waals surface area contributed by atoms with E-state index in [2.05, 4.69) is 0 Å². The Balaban J connectivity index is 3.72. The summed E-state index contributed by atoms with van der Waals surface area (Å²) >= 11 is 0. The van der Waals surface area contributed by atoms with Crippen LogP contribution in [0.15, 0.2) is 0 Å². The van der Waals surface area contributed by atoms with Gasteiger partial charge in [-0.15, -0.1) is 0 Å². The number of hydrogen-bond acceptors (Lipinski definition) is 3. The van der Waals surface area contributed by atoms with E-state index in [9.17, 15) is 9.18 Å². The summed E-state index contributed by atoms with van der Waals surface area (Å²) < 4.78 is 12.0. The molecule has 0 aliphatic heterocycles. The van der Waals surface area contributed by atoms with E-state index in [1.807, 2.05) is 0 Å². The molecule has 0 aromatic rings. The summed E-state index contributed by atoms with van der Waals surface area (Å²) in [5, 5.41) is 16.3. The van der Waals surface area contributed by atoms with Crippen LogP contribution in [-0.2, 0) is 4.79 Å². The Morgan fingerprint density at radius 2 is 2.22 bits per heavy atom. The van der Waals surface area contributed by atoms with Crippen molar-refractivity contribution in [1.82, 2.24) is 0 Å². The number of aliphatic hydroxyl groups is 1. The molecule has 2 atom stereocenters. The minimum atomic E-state index is -1.99. The number of nitrogens with two attached hydrogens (primary N) is 1. The zero-order valence-electron chi connectivity index (χ0n) is 4.62. The molecule has 5 heteroatoms. The van der Waals surface area contributed by atoms with Gasteiger partial charge in [0.15, 0.2) is 6.10 Å². The molecule has 0 fully saturated rings. The molecule has 0 aliphatic rings. The van der Waals surface area contributed by atoms with Crippen LogP contribution in [0.4, 0.5) is 4.39 Å². The van der Waals surface area contributed by atoms with Crippen molar-refractivity contribution in [2.75, 3.05) is 6.54 Å². The summed E-state index contributed by atoms with van der Waals surface area (Å²) in [4.78, 5) is 9.75. The predicted octanol–water partition coefficient (Wildman–Crippen LogP) is -1.27. The van der Waals surface area contributed by atoms with E-state index >= 15 is 0 Å². The van der Waals surface area contributed by atoms with Gasteiger partial charge in [0.2, 0.25) is 0 Å². The smallest absolute Gasteiger partial charge is 0.335 e. The van der Waals surface area contributed by atoms with Gasteiger partial charge in [0.05, 0.1) is 0 Å². The topological polar surface area (TPSA) is 83.5 Å². The lowest BCUT2D eigenvalue weighted by atomic mass is 10.2. The van der Waals surface area contributed by atoms with E-state index in [0.29, 0.717) is 0 Å². The lowest BCUT2D eigenvalue weighted by Crippen LogP contribution is -2.35. The standard InChI is InChI=1S/C4H8FNO3/c5-2(1-6)3(7)4(8)9/h2-3,7H,1,6H2,(H,8,9). The molecule has 0 radical (unpaired) electrons. The van der Waals surface area contributed by atoms with Crippen LogP contribution in [0, 0.1) is 0 Å². The van der Waals surface area contributed by atoms with E-state index in [0.717, 1.165) is 0 Å². The number of carboxylic acid groups (broad SMARTS) is 1. The third kappa shape index (κ3) is 2.39. The number of aliphatic hydroxyl groups excluding tert-OH is 1. The average Bonchev–Trinajstić information content (AvgIpc) is 1.84. The summed E-state index contributed by atoms with van der Waals surface area (Å²) in [6, 6.07) is 0. The van der Waals surface area contributed by atoms with Crippen molar-refractivity contribution in [3.63, 3.8) is 0 Å². The van der Waals surface area contributed by atoms with Crippen molar-refractivity contribution < 1.29 is 19.4 Å². The highest BCUT2D eigenvalue weighted by Gasteiger charge is 2.23. The summed E-state index contributed by atoms with van der Waals surface area (Å²) in [6.07, 6.45) is -3.86. The average molecular weight is 137 g/mol. The first kappa shape index (κ1) is 8.32. The number of alkyl halides is 1. The van der Waals surface area contributed by atoms with Crippen LogP contribution >= 0.6 is 0 Å². The van der Waals surface area contributed by atoms with E-state index in [4.69, 9.17) is 15.9 Å². The Bertz CT molecular complexity index is 108. The van der Waals surface area contributed by atoms with E-state index in [1.165, 1.54) is 0 Å². The fourth-order valence-electron chi connectivity index (χ4n) is 0.284. The summed E-state index contributed by atoms with van der Waals surface area (Å²) in [6.45, 7) is -0.479. The number of aliphatic carboxylic acids is 1. The first-order valence-electron chi connectivity index (χ1n) is 2.34.